The Kier molecular flexibility index (Phi) is 7.37. The fourth-order valence-electron chi connectivity index (χ4n) is 4.52. The zero-order chi connectivity index (χ0) is 24.4. The summed E-state index contributed by atoms with van der Waals surface area (Å²) in [4.78, 5) is 31.2. The fraction of sp³-hybridized carbons (Fsp3) is 0.593. The molecule has 5 nitrogen and oxygen atoms in total. The summed E-state index contributed by atoms with van der Waals surface area (Å²) in [6.07, 6.45) is 6.74. The van der Waals surface area contributed by atoms with E-state index in [0.717, 1.165) is 35.9 Å². The average Bonchev–Trinajstić information content (AvgIpc) is 3.27. The number of hydrogen-bond acceptors (Lipinski definition) is 3. The van der Waals surface area contributed by atoms with Crippen molar-refractivity contribution in [3.63, 3.8) is 0 Å². The van der Waals surface area contributed by atoms with E-state index >= 15 is 0 Å². The van der Waals surface area contributed by atoms with Crippen LogP contribution >= 0.6 is 11.5 Å². The molecule has 1 fully saturated rings. The molecule has 0 bridgehead atoms. The molecule has 2 aromatic rings. The molecular weight excluding hydrogens is 430 g/mol. The van der Waals surface area contributed by atoms with Crippen LogP contribution in [0.25, 0.3) is 0 Å². The number of nitrogens with zero attached hydrogens (tertiary/aromatic N) is 2. The SMILES string of the molecule is CCCCc1cn(C(C)(C)C)sc1=NC(=O)[C@]1(C)CC[C@H](NC(=O)c2ccccc2)C1(C)C. The first kappa shape index (κ1) is 25.4. The lowest BCUT2D eigenvalue weighted by Crippen LogP contribution is -2.49. The van der Waals surface area contributed by atoms with E-state index in [4.69, 9.17) is 4.99 Å². The molecule has 0 radical (unpaired) electrons. The van der Waals surface area contributed by atoms with Gasteiger partial charge in [-0.05, 0) is 75.5 Å². The molecule has 1 aromatic carbocycles. The van der Waals surface area contributed by atoms with Crippen LogP contribution in [0.15, 0.2) is 41.5 Å². The van der Waals surface area contributed by atoms with Crippen molar-refractivity contribution in [2.45, 2.75) is 92.2 Å². The predicted octanol–water partition coefficient (Wildman–Crippen LogP) is 5.70. The first-order chi connectivity index (χ1) is 15.4. The molecule has 0 saturated heterocycles. The van der Waals surface area contributed by atoms with E-state index in [1.165, 1.54) is 0 Å². The maximum atomic E-state index is 13.7. The number of amides is 2. The van der Waals surface area contributed by atoms with Crippen LogP contribution in [0.1, 0.15) is 90.1 Å². The second-order valence-electron chi connectivity index (χ2n) is 11.1. The predicted molar refractivity (Wildman–Crippen MR) is 135 cm³/mol. The van der Waals surface area contributed by atoms with Gasteiger partial charge < -0.3 is 5.32 Å². The topological polar surface area (TPSA) is 63.5 Å². The Morgan fingerprint density at radius 2 is 1.85 bits per heavy atom. The van der Waals surface area contributed by atoms with Gasteiger partial charge in [0.15, 0.2) is 0 Å². The third-order valence-electron chi connectivity index (χ3n) is 7.44. The van der Waals surface area contributed by atoms with Gasteiger partial charge >= 0.3 is 0 Å². The maximum absolute atomic E-state index is 13.7. The van der Waals surface area contributed by atoms with Crippen molar-refractivity contribution in [2.75, 3.05) is 0 Å². The van der Waals surface area contributed by atoms with Gasteiger partial charge in [0, 0.05) is 28.9 Å². The summed E-state index contributed by atoms with van der Waals surface area (Å²) in [5, 5.41) is 3.19. The third-order valence-corrected chi connectivity index (χ3v) is 8.81. The Hall–Kier alpha value is -2.21. The first-order valence-corrected chi connectivity index (χ1v) is 12.8. The van der Waals surface area contributed by atoms with Crippen LogP contribution in [-0.4, -0.2) is 21.8 Å². The van der Waals surface area contributed by atoms with E-state index in [1.54, 1.807) is 11.5 Å². The van der Waals surface area contributed by atoms with Crippen LogP contribution < -0.4 is 9.99 Å². The van der Waals surface area contributed by atoms with Crippen molar-refractivity contribution in [3.05, 3.63) is 52.3 Å². The van der Waals surface area contributed by atoms with E-state index in [-0.39, 0.29) is 23.4 Å². The van der Waals surface area contributed by atoms with Gasteiger partial charge in [-0.2, -0.15) is 0 Å². The van der Waals surface area contributed by atoms with E-state index in [0.29, 0.717) is 12.0 Å². The summed E-state index contributed by atoms with van der Waals surface area (Å²) in [6, 6.07) is 9.17. The third kappa shape index (κ3) is 5.16. The Balaban J connectivity index is 1.88. The van der Waals surface area contributed by atoms with Crippen molar-refractivity contribution < 1.29 is 9.59 Å². The number of nitrogens with one attached hydrogen (secondary N) is 1. The van der Waals surface area contributed by atoms with Crippen molar-refractivity contribution in [3.8, 4) is 0 Å². The molecule has 6 heteroatoms. The van der Waals surface area contributed by atoms with Crippen molar-refractivity contribution in [2.24, 2.45) is 15.8 Å². The number of carbonyl (C=O) groups is 2. The second-order valence-corrected chi connectivity index (χ2v) is 12.0. The Bertz CT molecular complexity index is 1060. The molecule has 1 aromatic heterocycles. The van der Waals surface area contributed by atoms with Crippen molar-refractivity contribution in [1.29, 1.82) is 0 Å². The lowest BCUT2D eigenvalue weighted by molar-refractivity contribution is -0.132. The summed E-state index contributed by atoms with van der Waals surface area (Å²) in [7, 11) is 0. The largest absolute Gasteiger partial charge is 0.349 e. The summed E-state index contributed by atoms with van der Waals surface area (Å²) in [5.74, 6) is -0.168. The molecule has 0 unspecified atom stereocenters. The summed E-state index contributed by atoms with van der Waals surface area (Å²) in [5.41, 5.74) is 0.687. The molecule has 1 aliphatic carbocycles. The molecule has 33 heavy (non-hydrogen) atoms. The van der Waals surface area contributed by atoms with Crippen LogP contribution in [0.5, 0.6) is 0 Å². The zero-order valence-electron chi connectivity index (χ0n) is 21.2. The normalized spacial score (nSPS) is 23.0. The molecule has 1 aliphatic rings. The fourth-order valence-corrected chi connectivity index (χ4v) is 5.55. The van der Waals surface area contributed by atoms with Gasteiger partial charge in [-0.25, -0.2) is 4.99 Å². The number of aromatic nitrogens is 1. The highest BCUT2D eigenvalue weighted by molar-refractivity contribution is 7.04. The molecule has 2 atom stereocenters. The number of hydrogen-bond donors (Lipinski definition) is 1. The molecule has 0 spiro atoms. The summed E-state index contributed by atoms with van der Waals surface area (Å²) >= 11 is 1.57. The van der Waals surface area contributed by atoms with Gasteiger partial charge in [0.1, 0.15) is 4.67 Å². The van der Waals surface area contributed by atoms with Crippen LogP contribution in [-0.2, 0) is 16.8 Å². The standard InChI is InChI=1S/C27H39N3O2S/c1-8-9-13-20-18-30(25(2,3)4)33-23(20)29-24(32)27(7)17-16-21(26(27,5)6)28-22(31)19-14-11-10-12-15-19/h10-12,14-15,18,21H,8-9,13,16-17H2,1-7H3,(H,28,31)/t21-,27-/m0/s1. The van der Waals surface area contributed by atoms with Crippen molar-refractivity contribution in [1.82, 2.24) is 9.27 Å². The van der Waals surface area contributed by atoms with Crippen LogP contribution in [0.2, 0.25) is 0 Å². The highest BCUT2D eigenvalue weighted by atomic mass is 32.1. The van der Waals surface area contributed by atoms with Gasteiger partial charge in [0.25, 0.3) is 11.8 Å². The van der Waals surface area contributed by atoms with Gasteiger partial charge in [-0.3, -0.25) is 13.5 Å². The van der Waals surface area contributed by atoms with Gasteiger partial charge in [0.05, 0.1) is 5.41 Å². The number of unbranched alkanes of at least 4 members (excludes halogenated alkanes) is 1. The van der Waals surface area contributed by atoms with Crippen LogP contribution in [0.4, 0.5) is 0 Å². The Morgan fingerprint density at radius 1 is 1.18 bits per heavy atom. The quantitative estimate of drug-likeness (QED) is 0.590. The lowest BCUT2D eigenvalue weighted by Gasteiger charge is -2.39. The van der Waals surface area contributed by atoms with Crippen molar-refractivity contribution >= 4 is 23.3 Å². The molecule has 180 valence electrons. The molecule has 2 amide bonds. The molecular formula is C27H39N3O2S. The summed E-state index contributed by atoms with van der Waals surface area (Å²) < 4.78 is 3.03. The Labute approximate surface area is 202 Å². The molecule has 1 saturated carbocycles. The monoisotopic (exact) mass is 469 g/mol. The minimum absolute atomic E-state index is 0.0498. The van der Waals surface area contributed by atoms with E-state index in [2.05, 4.69) is 57.0 Å². The highest BCUT2D eigenvalue weighted by Gasteiger charge is 2.56. The van der Waals surface area contributed by atoms with Crippen LogP contribution in [0, 0.1) is 10.8 Å². The number of rotatable bonds is 6. The van der Waals surface area contributed by atoms with E-state index < -0.39 is 10.8 Å². The average molecular weight is 470 g/mol. The minimum atomic E-state index is -0.639. The van der Waals surface area contributed by atoms with Crippen LogP contribution in [0.3, 0.4) is 0 Å². The van der Waals surface area contributed by atoms with Gasteiger partial charge in [-0.15, -0.1) is 0 Å². The number of carbonyl (C=O) groups excluding carboxylic acids is 2. The van der Waals surface area contributed by atoms with Gasteiger partial charge in [0.2, 0.25) is 0 Å². The van der Waals surface area contributed by atoms with E-state index in [1.807, 2.05) is 37.3 Å². The lowest BCUT2D eigenvalue weighted by atomic mass is 9.67. The van der Waals surface area contributed by atoms with Gasteiger partial charge in [-0.1, -0.05) is 52.3 Å². The smallest absolute Gasteiger partial charge is 0.253 e. The minimum Gasteiger partial charge on any atom is -0.349 e. The second kappa shape index (κ2) is 9.57. The molecule has 0 aliphatic heterocycles. The molecule has 3 rings (SSSR count). The molecule has 1 N–H and O–H groups in total. The zero-order valence-corrected chi connectivity index (χ0v) is 22.0. The summed E-state index contributed by atoms with van der Waals surface area (Å²) in [6.45, 7) is 14.9. The molecule has 1 heterocycles. The Morgan fingerprint density at radius 3 is 2.45 bits per heavy atom. The first-order valence-electron chi connectivity index (χ1n) is 12.1. The number of aryl methyl sites for hydroxylation is 1. The van der Waals surface area contributed by atoms with E-state index in [9.17, 15) is 9.59 Å². The maximum Gasteiger partial charge on any atom is 0.253 e. The number of benzene rings is 1. The highest BCUT2D eigenvalue weighted by Crippen LogP contribution is 2.53.